The zero-order valence-electron chi connectivity index (χ0n) is 28.6. The molecular weight excluding hydrogens is 585 g/mol. The molecule has 0 aromatic heterocycles. The van der Waals surface area contributed by atoms with Gasteiger partial charge in [0.1, 0.15) is 0 Å². The second-order valence-corrected chi connectivity index (χ2v) is 12.5. The fraction of sp³-hybridized carbons (Fsp3) is 0.136. The van der Waals surface area contributed by atoms with Gasteiger partial charge in [-0.3, -0.25) is 9.98 Å². The Bertz CT molecular complexity index is 2020. The summed E-state index contributed by atoms with van der Waals surface area (Å²) in [7, 11) is 8.21. The molecule has 0 aliphatic rings. The molecule has 0 heterocycles. The average Bonchev–Trinajstić information content (AvgIpc) is 3.10. The molecule has 0 spiro atoms. The van der Waals surface area contributed by atoms with Gasteiger partial charge in [-0.25, -0.2) is 0 Å². The van der Waals surface area contributed by atoms with Crippen LogP contribution in [0.2, 0.25) is 0 Å². The van der Waals surface area contributed by atoms with E-state index in [1.165, 1.54) is 33.3 Å². The zero-order valence-corrected chi connectivity index (χ0v) is 28.6. The van der Waals surface area contributed by atoms with Crippen molar-refractivity contribution < 1.29 is 0 Å². The molecule has 0 N–H and O–H groups in total. The topological polar surface area (TPSA) is 31.2 Å². The number of hydrogen-bond donors (Lipinski definition) is 0. The molecule has 6 aromatic rings. The van der Waals surface area contributed by atoms with Crippen molar-refractivity contribution in [1.82, 2.24) is 0 Å². The zero-order chi connectivity index (χ0) is 33.6. The van der Waals surface area contributed by atoms with Crippen LogP contribution in [-0.4, -0.2) is 40.6 Å². The molecule has 48 heavy (non-hydrogen) atoms. The highest BCUT2D eigenvalue weighted by Crippen LogP contribution is 2.43. The molecule has 6 rings (SSSR count). The predicted octanol–water partition coefficient (Wildman–Crippen LogP) is 11.2. The minimum Gasteiger partial charge on any atom is -0.378 e. The van der Waals surface area contributed by atoms with Crippen molar-refractivity contribution in [2.45, 2.75) is 13.8 Å². The first-order valence-corrected chi connectivity index (χ1v) is 16.3. The molecule has 0 aliphatic heterocycles. The first kappa shape index (κ1) is 32.2. The third kappa shape index (κ3) is 6.98. The molecule has 0 amide bonds. The minimum absolute atomic E-state index is 0.993. The molecule has 4 heteroatoms. The van der Waals surface area contributed by atoms with Crippen molar-refractivity contribution in [3.63, 3.8) is 0 Å². The van der Waals surface area contributed by atoms with Crippen LogP contribution in [0.3, 0.4) is 0 Å². The molecule has 0 unspecified atom stereocenters. The van der Waals surface area contributed by atoms with E-state index in [4.69, 9.17) is 9.98 Å². The number of anilines is 2. The minimum atomic E-state index is 0.993. The Morgan fingerprint density at radius 2 is 0.812 bits per heavy atom. The lowest BCUT2D eigenvalue weighted by Gasteiger charge is -2.16. The van der Waals surface area contributed by atoms with E-state index in [9.17, 15) is 0 Å². The molecule has 0 atom stereocenters. The van der Waals surface area contributed by atoms with E-state index in [0.29, 0.717) is 0 Å². The molecule has 0 aliphatic carbocycles. The maximum absolute atomic E-state index is 4.95. The standard InChI is InChI=1S/C44H42N4/c1-31-29-41(37-15-7-9-17-39(37)43(31)45-27-11-13-33-19-23-35(24-20-33)47(3)4)42-30-32(2)44(40-18-10-8-16-38(40)42)46-28-12-14-34-21-25-36(26-22-34)48(5)6/h7-30H,1-6H3/b13-11+,14-12+,45-27?,46-28?. The lowest BCUT2D eigenvalue weighted by Crippen LogP contribution is -2.07. The molecule has 0 bridgehead atoms. The van der Waals surface area contributed by atoms with Crippen LogP contribution in [0.4, 0.5) is 22.7 Å². The van der Waals surface area contributed by atoms with Gasteiger partial charge >= 0.3 is 0 Å². The molecule has 4 nitrogen and oxygen atoms in total. The Balaban J connectivity index is 1.33. The van der Waals surface area contributed by atoms with Crippen LogP contribution in [0.25, 0.3) is 44.8 Å². The van der Waals surface area contributed by atoms with Crippen LogP contribution < -0.4 is 9.80 Å². The number of rotatable bonds is 9. The van der Waals surface area contributed by atoms with Gasteiger partial charge in [0, 0.05) is 62.8 Å². The van der Waals surface area contributed by atoms with Crippen LogP contribution in [-0.2, 0) is 0 Å². The first-order valence-electron chi connectivity index (χ1n) is 16.3. The molecule has 238 valence electrons. The lowest BCUT2D eigenvalue weighted by atomic mass is 9.89. The number of aliphatic imine (C=N–C) groups is 2. The Morgan fingerprint density at radius 3 is 1.17 bits per heavy atom. The van der Waals surface area contributed by atoms with Crippen molar-refractivity contribution in [3.05, 3.63) is 144 Å². The summed E-state index contributed by atoms with van der Waals surface area (Å²) in [5.74, 6) is 0. The third-order valence-electron chi connectivity index (χ3n) is 8.68. The van der Waals surface area contributed by atoms with E-state index in [1.807, 2.05) is 24.6 Å². The summed E-state index contributed by atoms with van der Waals surface area (Å²) in [5.41, 5.74) is 11.3. The first-order chi connectivity index (χ1) is 23.3. The Hall–Kier alpha value is -5.74. The highest BCUT2D eigenvalue weighted by Gasteiger charge is 2.15. The molecule has 0 saturated carbocycles. The maximum atomic E-state index is 4.95. The maximum Gasteiger partial charge on any atom is 0.0737 e. The largest absolute Gasteiger partial charge is 0.378 e. The van der Waals surface area contributed by atoms with Gasteiger partial charge in [0.05, 0.1) is 11.4 Å². The lowest BCUT2D eigenvalue weighted by molar-refractivity contribution is 1.13. The van der Waals surface area contributed by atoms with Gasteiger partial charge in [0.25, 0.3) is 0 Å². The van der Waals surface area contributed by atoms with Gasteiger partial charge in [0.15, 0.2) is 0 Å². The summed E-state index contributed by atoms with van der Waals surface area (Å²) in [5, 5.41) is 4.64. The summed E-state index contributed by atoms with van der Waals surface area (Å²) in [6.07, 6.45) is 12.0. The van der Waals surface area contributed by atoms with E-state index >= 15 is 0 Å². The van der Waals surface area contributed by atoms with Crippen molar-refractivity contribution in [2.75, 3.05) is 38.0 Å². The molecule has 0 saturated heterocycles. The summed E-state index contributed by atoms with van der Waals surface area (Å²) in [4.78, 5) is 14.1. The van der Waals surface area contributed by atoms with E-state index < -0.39 is 0 Å². The van der Waals surface area contributed by atoms with Crippen molar-refractivity contribution in [1.29, 1.82) is 0 Å². The second kappa shape index (κ2) is 14.4. The van der Waals surface area contributed by atoms with Gasteiger partial charge in [-0.1, -0.05) is 84.9 Å². The highest BCUT2D eigenvalue weighted by atomic mass is 15.1. The van der Waals surface area contributed by atoms with E-state index in [2.05, 4.69) is 173 Å². The monoisotopic (exact) mass is 626 g/mol. The summed E-state index contributed by atoms with van der Waals surface area (Å²) >= 11 is 0. The molecule has 6 aromatic carbocycles. The number of aryl methyl sites for hydroxylation is 2. The van der Waals surface area contributed by atoms with Crippen LogP contribution in [0, 0.1) is 13.8 Å². The normalized spacial score (nSPS) is 12.0. The molecule has 0 radical (unpaired) electrons. The van der Waals surface area contributed by atoms with Crippen molar-refractivity contribution >= 4 is 68.9 Å². The Morgan fingerprint density at radius 1 is 0.458 bits per heavy atom. The van der Waals surface area contributed by atoms with E-state index in [-0.39, 0.29) is 0 Å². The quantitative estimate of drug-likeness (QED) is 0.150. The summed E-state index contributed by atoms with van der Waals surface area (Å²) in [6.45, 7) is 4.31. The van der Waals surface area contributed by atoms with Gasteiger partial charge in [-0.15, -0.1) is 0 Å². The van der Waals surface area contributed by atoms with Gasteiger partial charge < -0.3 is 9.80 Å². The van der Waals surface area contributed by atoms with Crippen LogP contribution >= 0.6 is 0 Å². The van der Waals surface area contributed by atoms with Gasteiger partial charge in [-0.05, 0) is 107 Å². The second-order valence-electron chi connectivity index (χ2n) is 12.5. The van der Waals surface area contributed by atoms with Crippen molar-refractivity contribution in [2.24, 2.45) is 9.98 Å². The van der Waals surface area contributed by atoms with Crippen LogP contribution in [0.15, 0.2) is 131 Å². The van der Waals surface area contributed by atoms with E-state index in [0.717, 1.165) is 44.4 Å². The number of nitrogens with zero attached hydrogens (tertiary/aromatic N) is 4. The number of fused-ring (bicyclic) bond motifs is 2. The van der Waals surface area contributed by atoms with Crippen molar-refractivity contribution in [3.8, 4) is 11.1 Å². The molecule has 0 fully saturated rings. The average molecular weight is 627 g/mol. The summed E-state index contributed by atoms with van der Waals surface area (Å²) in [6, 6.07) is 38.8. The fourth-order valence-corrected chi connectivity index (χ4v) is 6.10. The van der Waals surface area contributed by atoms with Gasteiger partial charge in [0.2, 0.25) is 0 Å². The SMILES string of the molecule is Cc1cc(-c2cc(C)c(N=C/C=C/c3ccc(N(C)C)cc3)c3ccccc23)c2ccccc2c1N=C/C=C/c1ccc(N(C)C)cc1. The Kier molecular flexibility index (Phi) is 9.63. The predicted molar refractivity (Wildman–Crippen MR) is 212 cm³/mol. The van der Waals surface area contributed by atoms with Gasteiger partial charge in [-0.2, -0.15) is 0 Å². The summed E-state index contributed by atoms with van der Waals surface area (Å²) < 4.78 is 0. The van der Waals surface area contributed by atoms with Crippen LogP contribution in [0.1, 0.15) is 22.3 Å². The fourth-order valence-electron chi connectivity index (χ4n) is 6.10. The third-order valence-corrected chi connectivity index (χ3v) is 8.68. The van der Waals surface area contributed by atoms with Crippen LogP contribution in [0.5, 0.6) is 0 Å². The number of hydrogen-bond acceptors (Lipinski definition) is 4. The Labute approximate surface area is 284 Å². The highest BCUT2D eigenvalue weighted by molar-refractivity contribution is 6.12. The van der Waals surface area contributed by atoms with E-state index in [1.54, 1.807) is 0 Å². The number of allylic oxidation sites excluding steroid dienone is 2. The smallest absolute Gasteiger partial charge is 0.0737 e. The number of benzene rings is 6. The molecular formula is C44H42N4.